The van der Waals surface area contributed by atoms with E-state index in [1.807, 2.05) is 0 Å². The van der Waals surface area contributed by atoms with Gasteiger partial charge in [-0.15, -0.1) is 0 Å². The molecule has 0 bridgehead atoms. The van der Waals surface area contributed by atoms with Gasteiger partial charge in [0.15, 0.2) is 0 Å². The molecule has 11 rings (SSSR count). The maximum atomic E-state index is 2.50. The number of nitrogens with zero attached hydrogens (tertiary/aromatic N) is 1. The quantitative estimate of drug-likeness (QED) is 0.146. The smallest absolute Gasteiger partial charge is 0.0546 e. The first-order chi connectivity index (χ1) is 29.5. The molecule has 0 radical (unpaired) electrons. The first-order valence-corrected chi connectivity index (χ1v) is 20.9. The van der Waals surface area contributed by atoms with Crippen LogP contribution in [-0.2, 0) is 5.41 Å². The maximum absolute atomic E-state index is 2.50. The summed E-state index contributed by atoms with van der Waals surface area (Å²) in [5.74, 6) is 0. The highest BCUT2D eigenvalue weighted by Gasteiger charge is 2.36. The minimum atomic E-state index is -0.151. The van der Waals surface area contributed by atoms with E-state index in [1.165, 1.54) is 88.3 Å². The van der Waals surface area contributed by atoms with Crippen LogP contribution >= 0.6 is 0 Å². The molecule has 0 atom stereocenters. The van der Waals surface area contributed by atoms with Gasteiger partial charge in [-0.3, -0.25) is 0 Å². The molecular formula is C59H43N. The maximum Gasteiger partial charge on any atom is 0.0546 e. The van der Waals surface area contributed by atoms with Gasteiger partial charge in [0, 0.05) is 22.4 Å². The van der Waals surface area contributed by atoms with Crippen molar-refractivity contribution in [1.82, 2.24) is 0 Å². The third kappa shape index (κ3) is 5.93. The van der Waals surface area contributed by atoms with Gasteiger partial charge in [-0.2, -0.15) is 0 Å². The number of rotatable bonds is 7. The Morgan fingerprint density at radius 1 is 0.317 bits per heavy atom. The van der Waals surface area contributed by atoms with Crippen molar-refractivity contribution in [2.45, 2.75) is 19.3 Å². The average molecular weight is 766 g/mol. The van der Waals surface area contributed by atoms with Crippen LogP contribution in [0.3, 0.4) is 0 Å². The molecule has 0 saturated heterocycles. The third-order valence-electron chi connectivity index (χ3n) is 12.7. The molecule has 0 aromatic heterocycles. The molecule has 0 amide bonds. The summed E-state index contributed by atoms with van der Waals surface area (Å²) in [6, 6.07) is 82.6. The summed E-state index contributed by atoms with van der Waals surface area (Å²) in [5, 5.41) is 4.96. The molecule has 1 aliphatic rings. The molecule has 1 heteroatoms. The highest BCUT2D eigenvalue weighted by atomic mass is 15.1. The van der Waals surface area contributed by atoms with Crippen molar-refractivity contribution in [3.8, 4) is 55.6 Å². The first-order valence-electron chi connectivity index (χ1n) is 20.9. The number of hydrogen-bond donors (Lipinski definition) is 0. The molecule has 0 fully saturated rings. The Labute approximate surface area is 352 Å². The van der Waals surface area contributed by atoms with Crippen LogP contribution in [0.2, 0.25) is 0 Å². The summed E-state index contributed by atoms with van der Waals surface area (Å²) in [6.45, 7) is 4.74. The molecule has 60 heavy (non-hydrogen) atoms. The second-order valence-corrected chi connectivity index (χ2v) is 16.5. The minimum Gasteiger partial charge on any atom is -0.310 e. The van der Waals surface area contributed by atoms with Crippen molar-refractivity contribution < 1.29 is 0 Å². The fourth-order valence-electron chi connectivity index (χ4n) is 9.70. The standard InChI is InChI=1S/C59H43N/c1-59(2)55-29-14-13-27-52(55)53-36-35-47(39-56(53)59)60(46-33-31-42(32-34-46)40-17-5-3-6-18-40)57-30-16-28-49(44-23-15-22-43(37-44)41-19-7-4-8-20-41)58(57)54-38-45-21-9-10-24-48(45)50-25-11-12-26-51(50)54/h3-39H,1-2H3. The molecule has 284 valence electrons. The van der Waals surface area contributed by atoms with E-state index in [0.717, 1.165) is 17.1 Å². The molecule has 0 heterocycles. The van der Waals surface area contributed by atoms with E-state index in [1.54, 1.807) is 0 Å². The van der Waals surface area contributed by atoms with E-state index < -0.39 is 0 Å². The Bertz CT molecular complexity index is 3210. The van der Waals surface area contributed by atoms with Crippen LogP contribution < -0.4 is 4.90 Å². The molecule has 10 aromatic carbocycles. The van der Waals surface area contributed by atoms with Gasteiger partial charge in [0.2, 0.25) is 0 Å². The van der Waals surface area contributed by atoms with E-state index in [9.17, 15) is 0 Å². The van der Waals surface area contributed by atoms with Crippen molar-refractivity contribution in [2.75, 3.05) is 4.90 Å². The summed E-state index contributed by atoms with van der Waals surface area (Å²) < 4.78 is 0. The monoisotopic (exact) mass is 765 g/mol. The number of fused-ring (bicyclic) bond motifs is 6. The number of anilines is 3. The fraction of sp³-hybridized carbons (Fsp3) is 0.0508. The Morgan fingerprint density at radius 3 is 1.65 bits per heavy atom. The Hall–Kier alpha value is -7.48. The van der Waals surface area contributed by atoms with Crippen LogP contribution in [0, 0.1) is 0 Å². The molecule has 0 unspecified atom stereocenters. The van der Waals surface area contributed by atoms with Gasteiger partial charge in [-0.05, 0) is 125 Å². The second-order valence-electron chi connectivity index (χ2n) is 16.5. The summed E-state index contributed by atoms with van der Waals surface area (Å²) >= 11 is 0. The van der Waals surface area contributed by atoms with E-state index >= 15 is 0 Å². The topological polar surface area (TPSA) is 3.24 Å². The largest absolute Gasteiger partial charge is 0.310 e. The highest BCUT2D eigenvalue weighted by Crippen LogP contribution is 2.53. The van der Waals surface area contributed by atoms with Crippen LogP contribution in [0.15, 0.2) is 224 Å². The minimum absolute atomic E-state index is 0.151. The fourth-order valence-corrected chi connectivity index (χ4v) is 9.70. The number of hydrogen-bond acceptors (Lipinski definition) is 1. The van der Waals surface area contributed by atoms with Gasteiger partial charge in [0.25, 0.3) is 0 Å². The zero-order chi connectivity index (χ0) is 40.2. The Kier molecular flexibility index (Phi) is 8.57. The van der Waals surface area contributed by atoms with E-state index in [2.05, 4.69) is 243 Å². The summed E-state index contributed by atoms with van der Waals surface area (Å²) in [7, 11) is 0. The van der Waals surface area contributed by atoms with Gasteiger partial charge in [-0.1, -0.05) is 196 Å². The summed E-state index contributed by atoms with van der Waals surface area (Å²) in [6.07, 6.45) is 0. The van der Waals surface area contributed by atoms with Crippen molar-refractivity contribution in [1.29, 1.82) is 0 Å². The zero-order valence-electron chi connectivity index (χ0n) is 33.8. The SMILES string of the molecule is CC1(C)c2ccccc2-c2ccc(N(c3ccc(-c4ccccc4)cc3)c3cccc(-c4cccc(-c5ccccc5)c4)c3-c3cc4ccccc4c4ccccc34)cc21. The predicted molar refractivity (Wildman–Crippen MR) is 255 cm³/mol. The van der Waals surface area contributed by atoms with Crippen LogP contribution in [-0.4, -0.2) is 0 Å². The highest BCUT2D eigenvalue weighted by molar-refractivity contribution is 6.16. The molecule has 10 aromatic rings. The summed E-state index contributed by atoms with van der Waals surface area (Å²) in [5.41, 5.74) is 18.1. The second kappa shape index (κ2) is 14.4. The Balaban J connectivity index is 1.21. The molecule has 0 spiro atoms. The van der Waals surface area contributed by atoms with Gasteiger partial charge in [0.05, 0.1) is 5.69 Å². The number of benzene rings is 10. The lowest BCUT2D eigenvalue weighted by Gasteiger charge is -2.31. The lowest BCUT2D eigenvalue weighted by molar-refractivity contribution is 0.660. The lowest BCUT2D eigenvalue weighted by atomic mass is 9.82. The lowest BCUT2D eigenvalue weighted by Crippen LogP contribution is -2.17. The average Bonchev–Trinajstić information content (AvgIpc) is 3.55. The zero-order valence-corrected chi connectivity index (χ0v) is 33.8. The Morgan fingerprint density at radius 2 is 0.867 bits per heavy atom. The van der Waals surface area contributed by atoms with Crippen molar-refractivity contribution >= 4 is 38.6 Å². The first kappa shape index (κ1) is 35.7. The van der Waals surface area contributed by atoms with Crippen LogP contribution in [0.1, 0.15) is 25.0 Å². The molecule has 0 N–H and O–H groups in total. The van der Waals surface area contributed by atoms with Crippen molar-refractivity contribution in [3.05, 3.63) is 236 Å². The predicted octanol–water partition coefficient (Wildman–Crippen LogP) is 16.4. The van der Waals surface area contributed by atoms with E-state index in [-0.39, 0.29) is 5.41 Å². The van der Waals surface area contributed by atoms with Gasteiger partial charge in [0.1, 0.15) is 0 Å². The molecule has 0 saturated carbocycles. The molecule has 1 nitrogen and oxygen atoms in total. The van der Waals surface area contributed by atoms with E-state index in [0.29, 0.717) is 0 Å². The molecular weight excluding hydrogens is 723 g/mol. The van der Waals surface area contributed by atoms with Gasteiger partial charge >= 0.3 is 0 Å². The van der Waals surface area contributed by atoms with Crippen molar-refractivity contribution in [3.63, 3.8) is 0 Å². The molecule has 1 aliphatic carbocycles. The van der Waals surface area contributed by atoms with Crippen LogP contribution in [0.5, 0.6) is 0 Å². The summed E-state index contributed by atoms with van der Waals surface area (Å²) in [4.78, 5) is 2.50. The van der Waals surface area contributed by atoms with Crippen LogP contribution in [0.4, 0.5) is 17.1 Å². The van der Waals surface area contributed by atoms with Crippen molar-refractivity contribution in [2.24, 2.45) is 0 Å². The van der Waals surface area contributed by atoms with Crippen LogP contribution in [0.25, 0.3) is 77.2 Å². The van der Waals surface area contributed by atoms with Gasteiger partial charge in [-0.25, -0.2) is 0 Å². The third-order valence-corrected chi connectivity index (χ3v) is 12.7. The van der Waals surface area contributed by atoms with Gasteiger partial charge < -0.3 is 4.90 Å². The van der Waals surface area contributed by atoms with E-state index in [4.69, 9.17) is 0 Å². The normalized spacial score (nSPS) is 12.6. The molecule has 0 aliphatic heterocycles.